The summed E-state index contributed by atoms with van der Waals surface area (Å²) in [5.74, 6) is 3.81. The average Bonchev–Trinajstić information content (AvgIpc) is 3.13. The SMILES string of the molecule is CN1CCNCC1c1noc(C(c2ccccc2)N2CCSCC2)n1. The molecule has 0 radical (unpaired) electrons. The van der Waals surface area contributed by atoms with Gasteiger partial charge in [0.2, 0.25) is 5.89 Å². The minimum atomic E-state index is 0.0465. The fourth-order valence-electron chi connectivity index (χ4n) is 3.57. The highest BCUT2D eigenvalue weighted by Gasteiger charge is 2.31. The molecule has 0 aliphatic carbocycles. The molecule has 1 aromatic heterocycles. The lowest BCUT2D eigenvalue weighted by Crippen LogP contribution is -2.44. The first-order chi connectivity index (χ1) is 12.3. The van der Waals surface area contributed by atoms with E-state index < -0.39 is 0 Å². The molecule has 2 aliphatic heterocycles. The van der Waals surface area contributed by atoms with E-state index in [1.54, 1.807) is 0 Å². The van der Waals surface area contributed by atoms with Crippen LogP contribution in [0.1, 0.15) is 29.4 Å². The fraction of sp³-hybridized carbons (Fsp3) is 0.556. The normalized spacial score (nSPS) is 24.3. The van der Waals surface area contributed by atoms with Crippen LogP contribution in [0.5, 0.6) is 0 Å². The molecule has 3 heterocycles. The van der Waals surface area contributed by atoms with Gasteiger partial charge < -0.3 is 9.84 Å². The molecule has 0 saturated carbocycles. The number of aromatic nitrogens is 2. The molecule has 2 aliphatic rings. The molecule has 7 heteroatoms. The molecule has 134 valence electrons. The number of benzene rings is 1. The van der Waals surface area contributed by atoms with Gasteiger partial charge >= 0.3 is 0 Å². The summed E-state index contributed by atoms with van der Waals surface area (Å²) < 4.78 is 5.77. The third-order valence-corrected chi connectivity index (χ3v) is 5.97. The summed E-state index contributed by atoms with van der Waals surface area (Å²) in [6.45, 7) is 4.97. The van der Waals surface area contributed by atoms with Crippen molar-refractivity contribution in [2.75, 3.05) is 51.3 Å². The number of hydrogen-bond acceptors (Lipinski definition) is 7. The topological polar surface area (TPSA) is 57.4 Å². The van der Waals surface area contributed by atoms with E-state index in [0.29, 0.717) is 5.89 Å². The van der Waals surface area contributed by atoms with Gasteiger partial charge in [0, 0.05) is 44.2 Å². The molecule has 2 saturated heterocycles. The Morgan fingerprint density at radius 2 is 2.00 bits per heavy atom. The van der Waals surface area contributed by atoms with Gasteiger partial charge in [-0.2, -0.15) is 16.7 Å². The minimum absolute atomic E-state index is 0.0465. The van der Waals surface area contributed by atoms with Gasteiger partial charge in [-0.15, -0.1) is 0 Å². The Bertz CT molecular complexity index is 673. The second-order valence-electron chi connectivity index (χ2n) is 6.65. The molecular weight excluding hydrogens is 334 g/mol. The molecule has 25 heavy (non-hydrogen) atoms. The zero-order valence-electron chi connectivity index (χ0n) is 14.6. The zero-order chi connectivity index (χ0) is 17.1. The van der Waals surface area contributed by atoms with Gasteiger partial charge in [-0.1, -0.05) is 35.5 Å². The summed E-state index contributed by atoms with van der Waals surface area (Å²) in [4.78, 5) is 9.58. The molecule has 4 rings (SSSR count). The lowest BCUT2D eigenvalue weighted by molar-refractivity contribution is 0.188. The number of piperazine rings is 1. The second kappa shape index (κ2) is 7.86. The van der Waals surface area contributed by atoms with E-state index >= 15 is 0 Å². The molecule has 0 spiro atoms. The highest BCUT2D eigenvalue weighted by molar-refractivity contribution is 7.99. The van der Waals surface area contributed by atoms with Crippen LogP contribution in [0.3, 0.4) is 0 Å². The van der Waals surface area contributed by atoms with Crippen molar-refractivity contribution in [1.82, 2.24) is 25.3 Å². The Labute approximate surface area is 153 Å². The van der Waals surface area contributed by atoms with Crippen molar-refractivity contribution in [3.05, 3.63) is 47.6 Å². The maximum Gasteiger partial charge on any atom is 0.248 e. The number of nitrogens with one attached hydrogen (secondary N) is 1. The number of nitrogens with zero attached hydrogens (tertiary/aromatic N) is 4. The first-order valence-electron chi connectivity index (χ1n) is 8.94. The van der Waals surface area contributed by atoms with Crippen molar-refractivity contribution in [3.8, 4) is 0 Å². The standard InChI is InChI=1S/C18H25N5OS/c1-22-8-7-19-13-15(22)17-20-18(24-21-17)16(14-5-3-2-4-6-14)23-9-11-25-12-10-23/h2-6,15-16,19H,7-13H2,1H3. The van der Waals surface area contributed by atoms with Gasteiger partial charge in [0.15, 0.2) is 5.82 Å². The minimum Gasteiger partial charge on any atom is -0.337 e. The molecule has 1 N–H and O–H groups in total. The van der Waals surface area contributed by atoms with Crippen molar-refractivity contribution >= 4 is 11.8 Å². The summed E-state index contributed by atoms with van der Waals surface area (Å²) in [6, 6.07) is 10.8. The molecule has 0 bridgehead atoms. The van der Waals surface area contributed by atoms with E-state index in [1.165, 1.54) is 5.56 Å². The first kappa shape index (κ1) is 17.0. The Morgan fingerprint density at radius 1 is 1.20 bits per heavy atom. The van der Waals surface area contributed by atoms with Gasteiger partial charge in [-0.3, -0.25) is 9.80 Å². The molecule has 1 aromatic carbocycles. The monoisotopic (exact) mass is 359 g/mol. The Hall–Kier alpha value is -1.41. The smallest absolute Gasteiger partial charge is 0.248 e. The molecule has 2 fully saturated rings. The van der Waals surface area contributed by atoms with Crippen LogP contribution >= 0.6 is 11.8 Å². The van der Waals surface area contributed by atoms with E-state index in [2.05, 4.69) is 57.7 Å². The first-order valence-corrected chi connectivity index (χ1v) is 10.1. The maximum absolute atomic E-state index is 5.77. The largest absolute Gasteiger partial charge is 0.337 e. The second-order valence-corrected chi connectivity index (χ2v) is 7.88. The third-order valence-electron chi connectivity index (χ3n) is 5.03. The predicted octanol–water partition coefficient (Wildman–Crippen LogP) is 1.78. The summed E-state index contributed by atoms with van der Waals surface area (Å²) in [6.07, 6.45) is 0. The number of hydrogen-bond donors (Lipinski definition) is 1. The quantitative estimate of drug-likeness (QED) is 0.893. The Balaban J connectivity index is 1.63. The summed E-state index contributed by atoms with van der Waals surface area (Å²) in [5.41, 5.74) is 1.22. The number of likely N-dealkylation sites (N-methyl/N-ethyl adjacent to an activating group) is 1. The maximum atomic E-state index is 5.77. The van der Waals surface area contributed by atoms with E-state index in [4.69, 9.17) is 9.51 Å². The average molecular weight is 359 g/mol. The van der Waals surface area contributed by atoms with Crippen LogP contribution in [-0.2, 0) is 0 Å². The van der Waals surface area contributed by atoms with E-state index in [0.717, 1.165) is 50.1 Å². The molecule has 2 aromatic rings. The summed E-state index contributed by atoms with van der Waals surface area (Å²) >= 11 is 2.01. The van der Waals surface area contributed by atoms with Gasteiger partial charge in [0.1, 0.15) is 6.04 Å². The van der Waals surface area contributed by atoms with Crippen molar-refractivity contribution in [2.45, 2.75) is 12.1 Å². The van der Waals surface area contributed by atoms with Crippen LogP contribution in [-0.4, -0.2) is 71.2 Å². The van der Waals surface area contributed by atoms with Gasteiger partial charge in [-0.25, -0.2) is 0 Å². The van der Waals surface area contributed by atoms with Crippen molar-refractivity contribution in [1.29, 1.82) is 0 Å². The Kier molecular flexibility index (Phi) is 5.36. The highest BCUT2D eigenvalue weighted by atomic mass is 32.2. The highest BCUT2D eigenvalue weighted by Crippen LogP contribution is 2.30. The lowest BCUT2D eigenvalue weighted by Gasteiger charge is -2.32. The molecule has 0 amide bonds. The van der Waals surface area contributed by atoms with Crippen molar-refractivity contribution < 1.29 is 4.52 Å². The van der Waals surface area contributed by atoms with Crippen LogP contribution < -0.4 is 5.32 Å². The van der Waals surface area contributed by atoms with E-state index in [9.17, 15) is 0 Å². The van der Waals surface area contributed by atoms with E-state index in [-0.39, 0.29) is 12.1 Å². The molecule has 2 unspecified atom stereocenters. The van der Waals surface area contributed by atoms with Gasteiger partial charge in [0.05, 0.1) is 6.04 Å². The lowest BCUT2D eigenvalue weighted by atomic mass is 10.0. The molecule has 2 atom stereocenters. The third kappa shape index (κ3) is 3.74. The van der Waals surface area contributed by atoms with Gasteiger partial charge in [-0.05, 0) is 12.6 Å². The van der Waals surface area contributed by atoms with Crippen LogP contribution in [0.4, 0.5) is 0 Å². The zero-order valence-corrected chi connectivity index (χ0v) is 15.4. The van der Waals surface area contributed by atoms with Crippen LogP contribution in [0.15, 0.2) is 34.9 Å². The van der Waals surface area contributed by atoms with Gasteiger partial charge in [0.25, 0.3) is 0 Å². The van der Waals surface area contributed by atoms with Crippen LogP contribution in [0, 0.1) is 0 Å². The molecular formula is C18H25N5OS. The summed E-state index contributed by atoms with van der Waals surface area (Å²) in [5, 5.41) is 7.75. The number of rotatable bonds is 4. The summed E-state index contributed by atoms with van der Waals surface area (Å²) in [7, 11) is 2.12. The Morgan fingerprint density at radius 3 is 2.76 bits per heavy atom. The van der Waals surface area contributed by atoms with E-state index in [1.807, 2.05) is 11.8 Å². The van der Waals surface area contributed by atoms with Crippen LogP contribution in [0.2, 0.25) is 0 Å². The number of thioether (sulfide) groups is 1. The van der Waals surface area contributed by atoms with Crippen molar-refractivity contribution in [3.63, 3.8) is 0 Å². The fourth-order valence-corrected chi connectivity index (χ4v) is 4.50. The van der Waals surface area contributed by atoms with Crippen molar-refractivity contribution in [2.24, 2.45) is 0 Å². The van der Waals surface area contributed by atoms with Crippen LogP contribution in [0.25, 0.3) is 0 Å². The molecule has 6 nitrogen and oxygen atoms in total. The predicted molar refractivity (Wildman–Crippen MR) is 99.7 cm³/mol.